The highest BCUT2D eigenvalue weighted by atomic mass is 16.5. The molecule has 3 aromatic rings. The maximum Gasteiger partial charge on any atom is 0.379 e. The Morgan fingerprint density at radius 2 is 2.00 bits per heavy atom. The molecule has 2 heterocycles. The molecule has 2 aromatic heterocycles. The average molecular weight is 342 g/mol. The molecule has 128 valence electrons. The third-order valence-corrected chi connectivity index (χ3v) is 3.74. The van der Waals surface area contributed by atoms with Crippen LogP contribution in [0, 0.1) is 6.92 Å². The molecule has 0 amide bonds. The van der Waals surface area contributed by atoms with Crippen LogP contribution in [0.4, 0.5) is 0 Å². The molecule has 0 N–H and O–H groups in total. The lowest BCUT2D eigenvalue weighted by atomic mass is 10.0. The Balaban J connectivity index is 1.96. The van der Waals surface area contributed by atoms with Crippen LogP contribution < -0.4 is 10.4 Å². The van der Waals surface area contributed by atoms with E-state index in [1.54, 1.807) is 25.1 Å². The molecule has 3 rings (SSSR count). The molecule has 0 spiro atoms. The minimum Gasteiger partial charge on any atom is -0.469 e. The maximum atomic E-state index is 12.1. The molecule has 0 aliphatic rings. The highest BCUT2D eigenvalue weighted by Gasteiger charge is 2.17. The predicted octanol–water partition coefficient (Wildman–Crippen LogP) is 2.63. The zero-order chi connectivity index (χ0) is 18.0. The van der Waals surface area contributed by atoms with Crippen molar-refractivity contribution in [2.45, 2.75) is 13.3 Å². The number of esters is 2. The third-order valence-electron chi connectivity index (χ3n) is 3.74. The Labute approximate surface area is 141 Å². The lowest BCUT2D eigenvalue weighted by Gasteiger charge is -2.08. The first-order valence-electron chi connectivity index (χ1n) is 7.38. The van der Waals surface area contributed by atoms with Crippen LogP contribution in [-0.2, 0) is 16.0 Å². The number of furan rings is 1. The largest absolute Gasteiger partial charge is 0.469 e. The standard InChI is InChI=1S/C18H14O7/c1-10-12-6-5-11(24-18(21)14-4-3-7-23-14)8-15(12)25-17(20)13(10)9-16(19)22-2/h3-8H,9H2,1-2H3. The summed E-state index contributed by atoms with van der Waals surface area (Å²) in [6.45, 7) is 1.71. The molecule has 0 aliphatic carbocycles. The predicted molar refractivity (Wildman–Crippen MR) is 86.6 cm³/mol. The fourth-order valence-electron chi connectivity index (χ4n) is 2.41. The van der Waals surface area contributed by atoms with Gasteiger partial charge in [0.25, 0.3) is 0 Å². The fourth-order valence-corrected chi connectivity index (χ4v) is 2.41. The van der Waals surface area contributed by atoms with Crippen LogP contribution in [0.25, 0.3) is 11.0 Å². The van der Waals surface area contributed by atoms with Gasteiger partial charge in [-0.3, -0.25) is 4.79 Å². The Kier molecular flexibility index (Phi) is 4.38. The summed E-state index contributed by atoms with van der Waals surface area (Å²) in [5, 5.41) is 0.635. The van der Waals surface area contributed by atoms with Crippen molar-refractivity contribution in [3.63, 3.8) is 0 Å². The van der Waals surface area contributed by atoms with Gasteiger partial charge in [-0.25, -0.2) is 9.59 Å². The lowest BCUT2D eigenvalue weighted by molar-refractivity contribution is -0.139. The Hall–Kier alpha value is -3.35. The van der Waals surface area contributed by atoms with Crippen molar-refractivity contribution < 1.29 is 27.9 Å². The van der Waals surface area contributed by atoms with Crippen molar-refractivity contribution >= 4 is 22.9 Å². The van der Waals surface area contributed by atoms with Crippen molar-refractivity contribution in [1.82, 2.24) is 0 Å². The zero-order valence-electron chi connectivity index (χ0n) is 13.5. The zero-order valence-corrected chi connectivity index (χ0v) is 13.5. The monoisotopic (exact) mass is 342 g/mol. The first-order chi connectivity index (χ1) is 12.0. The molecule has 1 aromatic carbocycles. The first-order valence-corrected chi connectivity index (χ1v) is 7.38. The Morgan fingerprint density at radius 3 is 2.68 bits per heavy atom. The van der Waals surface area contributed by atoms with E-state index in [9.17, 15) is 14.4 Å². The topological polar surface area (TPSA) is 96.0 Å². The second-order valence-corrected chi connectivity index (χ2v) is 5.27. The molecule has 0 bridgehead atoms. The maximum absolute atomic E-state index is 12.1. The number of hydrogen-bond donors (Lipinski definition) is 0. The molecule has 7 nitrogen and oxygen atoms in total. The van der Waals surface area contributed by atoms with Crippen LogP contribution >= 0.6 is 0 Å². The Bertz CT molecular complexity index is 996. The van der Waals surface area contributed by atoms with E-state index in [1.165, 1.54) is 25.5 Å². The van der Waals surface area contributed by atoms with Gasteiger partial charge in [-0.1, -0.05) is 0 Å². The average Bonchev–Trinajstić information content (AvgIpc) is 3.13. The molecule has 0 saturated carbocycles. The van der Waals surface area contributed by atoms with E-state index in [0.717, 1.165) is 0 Å². The van der Waals surface area contributed by atoms with Crippen LogP contribution in [0.3, 0.4) is 0 Å². The van der Waals surface area contributed by atoms with E-state index in [0.29, 0.717) is 10.9 Å². The van der Waals surface area contributed by atoms with Gasteiger partial charge in [0.15, 0.2) is 0 Å². The SMILES string of the molecule is COC(=O)Cc1c(C)c2ccc(OC(=O)c3ccco3)cc2oc1=O. The van der Waals surface area contributed by atoms with Crippen molar-refractivity contribution in [2.24, 2.45) is 0 Å². The number of carbonyl (C=O) groups excluding carboxylic acids is 2. The van der Waals surface area contributed by atoms with Crippen molar-refractivity contribution in [1.29, 1.82) is 0 Å². The minimum absolute atomic E-state index is 0.0613. The second kappa shape index (κ2) is 6.64. The summed E-state index contributed by atoms with van der Waals surface area (Å²) in [6.07, 6.45) is 1.19. The summed E-state index contributed by atoms with van der Waals surface area (Å²) in [4.78, 5) is 35.5. The van der Waals surface area contributed by atoms with Gasteiger partial charge in [-0.2, -0.15) is 0 Å². The third kappa shape index (κ3) is 3.30. The fraction of sp³-hybridized carbons (Fsp3) is 0.167. The molecule has 0 aliphatic heterocycles. The number of carbonyl (C=O) groups is 2. The van der Waals surface area contributed by atoms with Gasteiger partial charge in [-0.15, -0.1) is 0 Å². The number of benzene rings is 1. The summed E-state index contributed by atoms with van der Waals surface area (Å²) in [5.74, 6) is -0.923. The van der Waals surface area contributed by atoms with Crippen LogP contribution in [-0.4, -0.2) is 19.0 Å². The van der Waals surface area contributed by atoms with Gasteiger partial charge in [0.05, 0.1) is 25.4 Å². The molecule has 7 heteroatoms. The van der Waals surface area contributed by atoms with E-state index in [1.807, 2.05) is 0 Å². The van der Waals surface area contributed by atoms with Crippen molar-refractivity contribution in [3.05, 3.63) is 63.9 Å². The van der Waals surface area contributed by atoms with E-state index in [4.69, 9.17) is 13.6 Å². The number of fused-ring (bicyclic) bond motifs is 1. The van der Waals surface area contributed by atoms with Crippen LogP contribution in [0.1, 0.15) is 21.7 Å². The first kappa shape index (κ1) is 16.5. The lowest BCUT2D eigenvalue weighted by Crippen LogP contribution is -2.16. The smallest absolute Gasteiger partial charge is 0.379 e. The van der Waals surface area contributed by atoms with E-state index < -0.39 is 17.6 Å². The van der Waals surface area contributed by atoms with E-state index in [-0.39, 0.29) is 29.1 Å². The molecule has 0 atom stereocenters. The normalized spacial score (nSPS) is 10.6. The summed E-state index contributed by atoms with van der Waals surface area (Å²) in [7, 11) is 1.25. The van der Waals surface area contributed by atoms with Gasteiger partial charge in [0.1, 0.15) is 11.3 Å². The quantitative estimate of drug-likeness (QED) is 0.408. The van der Waals surface area contributed by atoms with Crippen LogP contribution in [0.5, 0.6) is 5.75 Å². The number of ether oxygens (including phenoxy) is 2. The highest BCUT2D eigenvalue weighted by molar-refractivity contribution is 5.89. The van der Waals surface area contributed by atoms with Gasteiger partial charge in [0.2, 0.25) is 5.76 Å². The molecule has 0 saturated heterocycles. The number of rotatable bonds is 4. The van der Waals surface area contributed by atoms with Gasteiger partial charge >= 0.3 is 17.6 Å². The highest BCUT2D eigenvalue weighted by Crippen LogP contribution is 2.25. The number of methoxy groups -OCH3 is 1. The second-order valence-electron chi connectivity index (χ2n) is 5.27. The molecule has 25 heavy (non-hydrogen) atoms. The van der Waals surface area contributed by atoms with E-state index >= 15 is 0 Å². The van der Waals surface area contributed by atoms with Gasteiger partial charge in [0, 0.05) is 11.5 Å². The van der Waals surface area contributed by atoms with Crippen LogP contribution in [0.15, 0.2) is 50.2 Å². The molecular weight excluding hydrogens is 328 g/mol. The van der Waals surface area contributed by atoms with Crippen molar-refractivity contribution in [2.75, 3.05) is 7.11 Å². The van der Waals surface area contributed by atoms with Gasteiger partial charge < -0.3 is 18.3 Å². The van der Waals surface area contributed by atoms with Gasteiger partial charge in [-0.05, 0) is 36.8 Å². The molecule has 0 radical (unpaired) electrons. The summed E-state index contributed by atoms with van der Waals surface area (Å²) < 4.78 is 20.0. The summed E-state index contributed by atoms with van der Waals surface area (Å²) in [5.41, 5.74) is 0.464. The van der Waals surface area contributed by atoms with Crippen LogP contribution in [0.2, 0.25) is 0 Å². The minimum atomic E-state index is -0.661. The number of aryl methyl sites for hydroxylation is 1. The summed E-state index contributed by atoms with van der Waals surface area (Å²) in [6, 6.07) is 7.71. The molecule has 0 fully saturated rings. The van der Waals surface area contributed by atoms with E-state index in [2.05, 4.69) is 4.74 Å². The molecule has 0 unspecified atom stereocenters. The molecular formula is C18H14O7. The van der Waals surface area contributed by atoms with Crippen molar-refractivity contribution in [3.8, 4) is 5.75 Å². The Morgan fingerprint density at radius 1 is 1.20 bits per heavy atom. The summed E-state index contributed by atoms with van der Waals surface area (Å²) >= 11 is 0. The number of hydrogen-bond acceptors (Lipinski definition) is 7.